The lowest BCUT2D eigenvalue weighted by atomic mass is 9.45. The molecular weight excluding hydrogens is 340 g/mol. The number of rotatable bonds is 0. The quantitative estimate of drug-likeness (QED) is 0.470. The Labute approximate surface area is 151 Å². The topological polar surface area (TPSA) is 43.4 Å². The lowest BCUT2D eigenvalue weighted by molar-refractivity contribution is -0.199. The highest BCUT2D eigenvalue weighted by Crippen LogP contribution is 2.76. The minimum atomic E-state index is -0.235. The molecule has 0 spiro atoms. The monoisotopic (exact) mass is 366 g/mol. The van der Waals surface area contributed by atoms with Crippen LogP contribution in [0.3, 0.4) is 0 Å². The van der Waals surface area contributed by atoms with Crippen LogP contribution in [0.2, 0.25) is 0 Å². The van der Waals surface area contributed by atoms with Gasteiger partial charge >= 0.3 is 5.97 Å². The molecule has 3 saturated carbocycles. The Morgan fingerprint density at radius 3 is 2.75 bits per heavy atom. The maximum atomic E-state index is 12.3. The van der Waals surface area contributed by atoms with Crippen LogP contribution in [0.15, 0.2) is 0 Å². The van der Waals surface area contributed by atoms with E-state index in [0.717, 1.165) is 32.1 Å². The van der Waals surface area contributed by atoms with Gasteiger partial charge in [0, 0.05) is 35.2 Å². The molecule has 5 heteroatoms. The van der Waals surface area contributed by atoms with E-state index < -0.39 is 0 Å². The Morgan fingerprint density at radius 2 is 1.92 bits per heavy atom. The summed E-state index contributed by atoms with van der Waals surface area (Å²) >= 11 is 0. The molecule has 24 heavy (non-hydrogen) atoms. The summed E-state index contributed by atoms with van der Waals surface area (Å²) in [6.07, 6.45) is 7.71. The van der Waals surface area contributed by atoms with E-state index in [1.54, 1.807) is 0 Å². The lowest BCUT2D eigenvalue weighted by Crippen LogP contribution is -2.64. The first-order chi connectivity index (χ1) is 11.4. The minimum absolute atomic E-state index is 0.000125. The lowest BCUT2D eigenvalue weighted by Gasteiger charge is -2.63. The number of Topliss-reactive ketones (excluding diaryl/α,β-unsaturated/α-hetero) is 1. The summed E-state index contributed by atoms with van der Waals surface area (Å²) in [5, 5.41) is 0.493. The van der Waals surface area contributed by atoms with Crippen LogP contribution in [-0.4, -0.2) is 27.4 Å². The van der Waals surface area contributed by atoms with E-state index in [1.165, 1.54) is 12.8 Å². The fourth-order valence-corrected chi connectivity index (χ4v) is 11.8. The molecule has 7 atom stereocenters. The van der Waals surface area contributed by atoms with E-state index in [2.05, 4.69) is 13.8 Å². The van der Waals surface area contributed by atoms with E-state index >= 15 is 0 Å². The molecule has 5 fully saturated rings. The Kier molecular flexibility index (Phi) is 3.32. The van der Waals surface area contributed by atoms with Crippen molar-refractivity contribution in [3.63, 3.8) is 0 Å². The average molecular weight is 367 g/mol. The van der Waals surface area contributed by atoms with Crippen LogP contribution in [-0.2, 0) is 14.3 Å². The molecule has 132 valence electrons. The summed E-state index contributed by atoms with van der Waals surface area (Å²) in [5.41, 5.74) is 0.0448. The van der Waals surface area contributed by atoms with Crippen LogP contribution in [0, 0.1) is 23.2 Å². The standard InChI is InChI=1S/C19H26O3S2/c1-17-7-6-14-12(13(17)3-4-16(21)22-17)5-8-19-10-11(20)9-15(23-24-19)18(14,19)2/h12-15H,3-10H2,1-2H3/t12-,13-,14-,15+,17-,18-,19+/m0/s1. The van der Waals surface area contributed by atoms with Crippen LogP contribution in [0.4, 0.5) is 0 Å². The van der Waals surface area contributed by atoms with E-state index in [4.69, 9.17) is 4.74 Å². The fraction of sp³-hybridized carbons (Fsp3) is 0.895. The van der Waals surface area contributed by atoms with Crippen LogP contribution in [0.25, 0.3) is 0 Å². The van der Waals surface area contributed by atoms with Gasteiger partial charge in [-0.2, -0.15) is 0 Å². The molecule has 3 nitrogen and oxygen atoms in total. The highest BCUT2D eigenvalue weighted by Gasteiger charge is 2.70. The van der Waals surface area contributed by atoms with Gasteiger partial charge in [-0.05, 0) is 56.3 Å². The Balaban J connectivity index is 1.52. The SMILES string of the molecule is C[C@]12[C@H]3CC(=O)C[C@@]1(CC[C@@H]1[C@@H]2CC[C@]2(C)OC(=O)CC[C@@H]12)SS3. The fourth-order valence-electron chi connectivity index (χ4n) is 7.02. The van der Waals surface area contributed by atoms with Crippen LogP contribution >= 0.6 is 21.6 Å². The van der Waals surface area contributed by atoms with Crippen molar-refractivity contribution in [3.8, 4) is 0 Å². The summed E-state index contributed by atoms with van der Waals surface area (Å²) in [4.78, 5) is 24.2. The molecule has 0 amide bonds. The average Bonchev–Trinajstić information content (AvgIpc) is 2.68. The van der Waals surface area contributed by atoms with Crippen molar-refractivity contribution in [3.05, 3.63) is 0 Å². The maximum absolute atomic E-state index is 12.3. The highest BCUT2D eigenvalue weighted by molar-refractivity contribution is 8.78. The van der Waals surface area contributed by atoms with Gasteiger partial charge in [0.2, 0.25) is 0 Å². The van der Waals surface area contributed by atoms with Gasteiger partial charge in [0.15, 0.2) is 0 Å². The smallest absolute Gasteiger partial charge is 0.306 e. The summed E-state index contributed by atoms with van der Waals surface area (Å²) in [6, 6.07) is 0. The number of ether oxygens (including phenoxy) is 1. The van der Waals surface area contributed by atoms with Gasteiger partial charge in [0.25, 0.3) is 0 Å². The van der Waals surface area contributed by atoms with E-state index in [9.17, 15) is 9.59 Å². The van der Waals surface area contributed by atoms with Crippen LogP contribution in [0.1, 0.15) is 65.2 Å². The van der Waals surface area contributed by atoms with Crippen molar-refractivity contribution >= 4 is 33.3 Å². The number of carbonyl (C=O) groups is 2. The number of hydrogen-bond donors (Lipinski definition) is 0. The summed E-state index contributed by atoms with van der Waals surface area (Å²) in [7, 11) is 4.05. The van der Waals surface area contributed by atoms with Gasteiger partial charge in [0.1, 0.15) is 11.4 Å². The molecule has 2 bridgehead atoms. The van der Waals surface area contributed by atoms with E-state index in [-0.39, 0.29) is 21.7 Å². The molecule has 2 saturated heterocycles. The Hall–Kier alpha value is -0.160. The third-order valence-corrected chi connectivity index (χ3v) is 12.3. The van der Waals surface area contributed by atoms with Crippen molar-refractivity contribution in [2.24, 2.45) is 23.2 Å². The third-order valence-electron chi connectivity index (χ3n) is 8.30. The molecule has 0 unspecified atom stereocenters. The number of esters is 1. The van der Waals surface area contributed by atoms with E-state index in [0.29, 0.717) is 35.2 Å². The molecule has 0 aromatic rings. The predicted molar refractivity (Wildman–Crippen MR) is 96.7 cm³/mol. The van der Waals surface area contributed by atoms with Gasteiger partial charge in [-0.1, -0.05) is 28.5 Å². The normalized spacial score (nSPS) is 56.1. The zero-order valence-electron chi connectivity index (χ0n) is 14.5. The minimum Gasteiger partial charge on any atom is -0.459 e. The maximum Gasteiger partial charge on any atom is 0.306 e. The van der Waals surface area contributed by atoms with E-state index in [1.807, 2.05) is 21.6 Å². The zero-order chi connectivity index (χ0) is 16.7. The molecule has 2 aliphatic heterocycles. The number of hydrogen-bond acceptors (Lipinski definition) is 5. The molecular formula is C19H26O3S2. The van der Waals surface area contributed by atoms with Gasteiger partial charge in [-0.25, -0.2) is 0 Å². The van der Waals surface area contributed by atoms with Crippen molar-refractivity contribution in [1.29, 1.82) is 0 Å². The van der Waals surface area contributed by atoms with Crippen molar-refractivity contribution in [1.82, 2.24) is 0 Å². The second-order valence-electron chi connectivity index (χ2n) is 9.14. The van der Waals surface area contributed by atoms with Crippen molar-refractivity contribution in [2.75, 3.05) is 0 Å². The molecule has 5 aliphatic rings. The molecule has 0 radical (unpaired) electrons. The molecule has 3 aliphatic carbocycles. The van der Waals surface area contributed by atoms with Crippen molar-refractivity contribution < 1.29 is 14.3 Å². The highest BCUT2D eigenvalue weighted by atomic mass is 33.1. The molecule has 0 N–H and O–H groups in total. The first kappa shape index (κ1) is 16.0. The van der Waals surface area contributed by atoms with Crippen LogP contribution < -0.4 is 0 Å². The summed E-state index contributed by atoms with van der Waals surface area (Å²) < 4.78 is 6.06. The second kappa shape index (κ2) is 4.97. The first-order valence-corrected chi connectivity index (χ1v) is 11.7. The van der Waals surface area contributed by atoms with Gasteiger partial charge in [-0.15, -0.1) is 0 Å². The predicted octanol–water partition coefficient (Wildman–Crippen LogP) is 4.39. The second-order valence-corrected chi connectivity index (χ2v) is 11.9. The summed E-state index contributed by atoms with van der Waals surface area (Å²) in [5.74, 6) is 2.38. The van der Waals surface area contributed by atoms with Crippen molar-refractivity contribution in [2.45, 2.75) is 80.8 Å². The number of carbonyl (C=O) groups excluding carboxylic acids is 2. The molecule has 0 aromatic carbocycles. The largest absolute Gasteiger partial charge is 0.459 e. The molecule has 0 aromatic heterocycles. The first-order valence-electron chi connectivity index (χ1n) is 9.46. The zero-order valence-corrected chi connectivity index (χ0v) is 16.1. The summed E-state index contributed by atoms with van der Waals surface area (Å²) in [6.45, 7) is 4.69. The molecule has 5 rings (SSSR count). The van der Waals surface area contributed by atoms with Gasteiger partial charge in [-0.3, -0.25) is 9.59 Å². The number of ketones is 1. The number of fused-ring (bicyclic) bond motifs is 3. The van der Waals surface area contributed by atoms with Gasteiger partial charge < -0.3 is 4.74 Å². The Morgan fingerprint density at radius 1 is 1.08 bits per heavy atom. The Bertz CT molecular complexity index is 622. The van der Waals surface area contributed by atoms with Crippen LogP contribution in [0.5, 0.6) is 0 Å². The van der Waals surface area contributed by atoms with Gasteiger partial charge in [0.05, 0.1) is 0 Å². The molecule has 2 heterocycles. The third kappa shape index (κ3) is 1.84.